The van der Waals surface area contributed by atoms with Gasteiger partial charge in [-0.15, -0.1) is 10.2 Å². The molecule has 18 nitrogen and oxygen atoms in total. The lowest BCUT2D eigenvalue weighted by molar-refractivity contribution is -0.0323. The van der Waals surface area contributed by atoms with Crippen LogP contribution in [0.5, 0.6) is 0 Å². The molecule has 18 heteroatoms. The van der Waals surface area contributed by atoms with Gasteiger partial charge < -0.3 is 19.6 Å². The van der Waals surface area contributed by atoms with Gasteiger partial charge in [-0.2, -0.15) is 0 Å². The number of rotatable bonds is 8. The van der Waals surface area contributed by atoms with E-state index < -0.39 is 47.1 Å². The van der Waals surface area contributed by atoms with Crippen molar-refractivity contribution in [2.24, 2.45) is 0 Å². The standard InChI is InChI=1S/C37H37N11O7/c1-4-30-28(11-32(54-30)45-13-18(2)34(50)39-36(45)52)47-15-26(41-43-47)20-5-7-24-22(9-20)23-10-21(6-8-25(23)38-24)27-16-48(44-42-27)29-12-33(55-31(29)17-49)46-14-19(3)35(51)40-37(46)53/h5-10,13-16,28-33,38,49H,4,11-12,17H2,1-3H3,(H,39,50,52)(H,40,51,53). The number of fused-ring (bicyclic) bond motifs is 3. The van der Waals surface area contributed by atoms with Gasteiger partial charge in [0, 0.05) is 69.3 Å². The molecule has 0 bridgehead atoms. The molecule has 55 heavy (non-hydrogen) atoms. The minimum atomic E-state index is -0.703. The summed E-state index contributed by atoms with van der Waals surface area (Å²) in [5.41, 5.74) is 3.72. The van der Waals surface area contributed by atoms with Crippen molar-refractivity contribution in [1.29, 1.82) is 0 Å². The Balaban J connectivity index is 0.979. The Kier molecular flexibility index (Phi) is 8.32. The lowest BCUT2D eigenvalue weighted by Crippen LogP contribution is -2.33. The molecule has 9 rings (SSSR count). The summed E-state index contributed by atoms with van der Waals surface area (Å²) in [5, 5.41) is 29.9. The first-order valence-corrected chi connectivity index (χ1v) is 18.0. The van der Waals surface area contributed by atoms with E-state index in [1.807, 2.05) is 43.5 Å². The number of nitrogens with one attached hydrogen (secondary N) is 3. The van der Waals surface area contributed by atoms with Crippen LogP contribution in [-0.2, 0) is 9.47 Å². The fourth-order valence-electron chi connectivity index (χ4n) is 7.82. The zero-order chi connectivity index (χ0) is 38.1. The minimum Gasteiger partial charge on any atom is -0.394 e. The molecule has 2 saturated heterocycles. The third-order valence-corrected chi connectivity index (χ3v) is 10.8. The van der Waals surface area contributed by atoms with E-state index in [0.717, 1.165) is 32.9 Å². The molecule has 7 aromatic rings. The smallest absolute Gasteiger partial charge is 0.330 e. The molecule has 0 amide bonds. The first-order valence-electron chi connectivity index (χ1n) is 18.0. The fraction of sp³-hybridized carbons (Fsp3) is 0.351. The molecule has 6 unspecified atom stereocenters. The van der Waals surface area contributed by atoms with Gasteiger partial charge in [-0.3, -0.25) is 28.7 Å². The molecule has 2 aliphatic heterocycles. The predicted octanol–water partition coefficient (Wildman–Crippen LogP) is 2.61. The number of hydrogen-bond donors (Lipinski definition) is 4. The highest BCUT2D eigenvalue weighted by atomic mass is 16.5. The average Bonchev–Trinajstić information content (AvgIpc) is 4.02. The maximum atomic E-state index is 12.6. The van der Waals surface area contributed by atoms with Gasteiger partial charge in [0.05, 0.1) is 37.2 Å². The minimum absolute atomic E-state index is 0.173. The van der Waals surface area contributed by atoms with Crippen LogP contribution in [0.4, 0.5) is 0 Å². The second kappa shape index (κ2) is 13.3. The van der Waals surface area contributed by atoms with Crippen molar-refractivity contribution >= 4 is 21.8 Å². The number of nitrogens with zero attached hydrogens (tertiary/aromatic N) is 8. The largest absolute Gasteiger partial charge is 0.394 e. The Morgan fingerprint density at radius 1 is 0.691 bits per heavy atom. The highest BCUT2D eigenvalue weighted by Crippen LogP contribution is 2.39. The Hall–Kier alpha value is -6.24. The number of H-pyrrole nitrogens is 3. The Labute approximate surface area is 310 Å². The topological polar surface area (TPSA) is 226 Å². The number of aryl methyl sites for hydroxylation is 2. The third-order valence-electron chi connectivity index (χ3n) is 10.8. The molecule has 2 aromatic carbocycles. The van der Waals surface area contributed by atoms with Crippen molar-refractivity contribution in [1.82, 2.24) is 54.1 Å². The van der Waals surface area contributed by atoms with E-state index in [-0.39, 0.29) is 18.8 Å². The first kappa shape index (κ1) is 34.5. The Morgan fingerprint density at radius 3 is 1.64 bits per heavy atom. The Bertz CT molecular complexity index is 2650. The molecule has 6 atom stereocenters. The molecular formula is C37H37N11O7. The quantitative estimate of drug-likeness (QED) is 0.177. The molecule has 282 valence electrons. The van der Waals surface area contributed by atoms with Gasteiger partial charge in [-0.1, -0.05) is 29.5 Å². The molecule has 2 fully saturated rings. The summed E-state index contributed by atoms with van der Waals surface area (Å²) in [5.74, 6) is 0. The number of aliphatic hydroxyl groups is 1. The number of benzene rings is 2. The fourth-order valence-corrected chi connectivity index (χ4v) is 7.82. The van der Waals surface area contributed by atoms with Gasteiger partial charge in [0.1, 0.15) is 29.9 Å². The molecule has 5 aromatic heterocycles. The number of aliphatic hydroxyl groups excluding tert-OH is 1. The van der Waals surface area contributed by atoms with E-state index in [0.29, 0.717) is 41.8 Å². The van der Waals surface area contributed by atoms with Crippen molar-refractivity contribution in [3.63, 3.8) is 0 Å². The normalized spacial score (nSPS) is 22.7. The lowest BCUT2D eigenvalue weighted by atomic mass is 10.0. The number of aromatic amines is 3. The van der Waals surface area contributed by atoms with E-state index in [1.165, 1.54) is 21.5 Å². The summed E-state index contributed by atoms with van der Waals surface area (Å²) in [4.78, 5) is 57.1. The maximum absolute atomic E-state index is 12.6. The number of hydrogen-bond acceptors (Lipinski definition) is 11. The summed E-state index contributed by atoms with van der Waals surface area (Å²) >= 11 is 0. The zero-order valence-electron chi connectivity index (χ0n) is 30.0. The van der Waals surface area contributed by atoms with Crippen LogP contribution in [0, 0.1) is 13.8 Å². The molecule has 0 aliphatic carbocycles. The van der Waals surface area contributed by atoms with Gasteiger partial charge in [0.15, 0.2) is 0 Å². The Morgan fingerprint density at radius 2 is 1.16 bits per heavy atom. The van der Waals surface area contributed by atoms with Crippen LogP contribution in [0.2, 0.25) is 0 Å². The van der Waals surface area contributed by atoms with Crippen molar-refractivity contribution in [3.8, 4) is 22.5 Å². The molecule has 4 N–H and O–H groups in total. The number of ether oxygens (including phenoxy) is 2. The number of aromatic nitrogens is 11. The van der Waals surface area contributed by atoms with E-state index in [4.69, 9.17) is 9.47 Å². The highest BCUT2D eigenvalue weighted by molar-refractivity contribution is 6.09. The molecule has 0 saturated carbocycles. The van der Waals surface area contributed by atoms with Gasteiger partial charge in [0.25, 0.3) is 11.1 Å². The second-order valence-electron chi connectivity index (χ2n) is 14.2. The van der Waals surface area contributed by atoms with Gasteiger partial charge in [-0.05, 0) is 44.5 Å². The molecule has 0 radical (unpaired) electrons. The predicted molar refractivity (Wildman–Crippen MR) is 198 cm³/mol. The SMILES string of the molecule is CCC1OC(n2cc(C)c(=O)[nH]c2=O)CC1n1cc(-c2ccc3[nH]c4ccc(-c5cn(C6CC(n7cc(C)c(=O)[nH]c7=O)OC6CO)nn5)cc4c3c2)nn1. The molecular weight excluding hydrogens is 710 g/mol. The van der Waals surface area contributed by atoms with Crippen molar-refractivity contribution in [3.05, 3.63) is 114 Å². The monoisotopic (exact) mass is 747 g/mol. The lowest BCUT2D eigenvalue weighted by Gasteiger charge is -2.16. The second-order valence-corrected chi connectivity index (χ2v) is 14.2. The van der Waals surface area contributed by atoms with Crippen LogP contribution in [-0.4, -0.2) is 78.0 Å². The van der Waals surface area contributed by atoms with Gasteiger partial charge in [-0.25, -0.2) is 19.0 Å². The van der Waals surface area contributed by atoms with E-state index in [1.54, 1.807) is 29.4 Å². The zero-order valence-corrected chi connectivity index (χ0v) is 30.0. The summed E-state index contributed by atoms with van der Waals surface area (Å²) in [7, 11) is 0. The highest BCUT2D eigenvalue weighted by Gasteiger charge is 2.39. The van der Waals surface area contributed by atoms with Crippen LogP contribution >= 0.6 is 0 Å². The molecule has 7 heterocycles. The van der Waals surface area contributed by atoms with Crippen molar-refractivity contribution in [2.75, 3.05) is 6.61 Å². The molecule has 2 aliphatic rings. The van der Waals surface area contributed by atoms with E-state index >= 15 is 0 Å². The summed E-state index contributed by atoms with van der Waals surface area (Å²) < 4.78 is 18.5. The summed E-state index contributed by atoms with van der Waals surface area (Å²) in [6.45, 7) is 4.98. The van der Waals surface area contributed by atoms with E-state index in [9.17, 15) is 24.3 Å². The van der Waals surface area contributed by atoms with Gasteiger partial charge in [0.2, 0.25) is 0 Å². The van der Waals surface area contributed by atoms with Crippen molar-refractivity contribution < 1.29 is 14.6 Å². The van der Waals surface area contributed by atoms with Crippen molar-refractivity contribution in [2.45, 2.75) is 76.8 Å². The van der Waals surface area contributed by atoms with Gasteiger partial charge >= 0.3 is 11.4 Å². The average molecular weight is 748 g/mol. The van der Waals surface area contributed by atoms with E-state index in [2.05, 4.69) is 41.6 Å². The molecule has 0 spiro atoms. The van der Waals surface area contributed by atoms with Crippen LogP contribution in [0.15, 0.2) is 80.4 Å². The van der Waals surface area contributed by atoms with Crippen LogP contribution in [0.1, 0.15) is 61.9 Å². The third kappa shape index (κ3) is 5.94. The maximum Gasteiger partial charge on any atom is 0.330 e. The van der Waals surface area contributed by atoms with Crippen LogP contribution in [0.3, 0.4) is 0 Å². The summed E-state index contributed by atoms with van der Waals surface area (Å²) in [6, 6.07) is 11.5. The van der Waals surface area contributed by atoms with Crippen LogP contribution in [0.25, 0.3) is 44.3 Å². The summed E-state index contributed by atoms with van der Waals surface area (Å²) in [6.07, 6.45) is 6.07. The van der Waals surface area contributed by atoms with Crippen LogP contribution < -0.4 is 22.5 Å². The first-order chi connectivity index (χ1) is 26.6.